The summed E-state index contributed by atoms with van der Waals surface area (Å²) in [5.41, 5.74) is 13.4. The van der Waals surface area contributed by atoms with E-state index in [1.165, 1.54) is 59.5 Å². The third kappa shape index (κ3) is 5.64. The van der Waals surface area contributed by atoms with Gasteiger partial charge in [0.1, 0.15) is 0 Å². The molecule has 6 rings (SSSR count). The Labute approximate surface area is 270 Å². The fraction of sp³-hybridized carbons (Fsp3) is 0.122. The highest BCUT2D eigenvalue weighted by Gasteiger charge is 2.31. The second-order valence-corrected chi connectivity index (χ2v) is 12.8. The number of aryl methyl sites for hydroxylation is 1. The highest BCUT2D eigenvalue weighted by molar-refractivity contribution is 14.1. The maximum atomic E-state index is 2.48. The van der Waals surface area contributed by atoms with E-state index >= 15 is 0 Å². The Bertz CT molecular complexity index is 1860. The van der Waals surface area contributed by atoms with Gasteiger partial charge in [0.25, 0.3) is 0 Å². The monoisotopic (exact) mass is 669 g/mol. The number of nitrogens with zero attached hydrogens (tertiary/aromatic N) is 1. The van der Waals surface area contributed by atoms with Gasteiger partial charge in [0, 0.05) is 25.9 Å². The minimum atomic E-state index is -0.194. The second kappa shape index (κ2) is 12.2. The molecule has 0 unspecified atom stereocenters. The SMILES string of the molecule is Cc1cc(-c2ccccc2)ccc1N(c1ccccc1)c1c(-c2ccccc2)ccc(C(C)(C)c2ccccc2I)c1C. The highest BCUT2D eigenvalue weighted by Crippen LogP contribution is 2.48. The van der Waals surface area contributed by atoms with Crippen LogP contribution in [0.25, 0.3) is 22.3 Å². The van der Waals surface area contributed by atoms with Gasteiger partial charge in [-0.05, 0) is 106 Å². The van der Waals surface area contributed by atoms with Gasteiger partial charge in [-0.1, -0.05) is 129 Å². The summed E-state index contributed by atoms with van der Waals surface area (Å²) in [6.45, 7) is 9.24. The smallest absolute Gasteiger partial charge is 0.0572 e. The van der Waals surface area contributed by atoms with Crippen molar-refractivity contribution < 1.29 is 0 Å². The predicted molar refractivity (Wildman–Crippen MR) is 193 cm³/mol. The number of hydrogen-bond acceptors (Lipinski definition) is 1. The Balaban J connectivity index is 1.63. The molecule has 0 atom stereocenters. The van der Waals surface area contributed by atoms with Crippen LogP contribution in [0.1, 0.15) is 36.1 Å². The van der Waals surface area contributed by atoms with E-state index in [1.807, 2.05) is 0 Å². The quantitative estimate of drug-likeness (QED) is 0.153. The Kier molecular flexibility index (Phi) is 8.23. The molecule has 2 heteroatoms. The summed E-state index contributed by atoms with van der Waals surface area (Å²) < 4.78 is 1.28. The number of para-hydroxylation sites is 1. The zero-order chi connectivity index (χ0) is 30.0. The number of rotatable bonds is 7. The van der Waals surface area contributed by atoms with E-state index in [4.69, 9.17) is 0 Å². The average molecular weight is 670 g/mol. The molecule has 0 saturated carbocycles. The van der Waals surface area contributed by atoms with E-state index < -0.39 is 0 Å². The van der Waals surface area contributed by atoms with Gasteiger partial charge >= 0.3 is 0 Å². The van der Waals surface area contributed by atoms with Crippen molar-refractivity contribution in [3.8, 4) is 22.3 Å². The summed E-state index contributed by atoms with van der Waals surface area (Å²) in [5.74, 6) is 0. The van der Waals surface area contributed by atoms with Crippen LogP contribution >= 0.6 is 22.6 Å². The highest BCUT2D eigenvalue weighted by atomic mass is 127. The number of benzene rings is 6. The summed E-state index contributed by atoms with van der Waals surface area (Å²) in [5, 5.41) is 0. The van der Waals surface area contributed by atoms with E-state index in [9.17, 15) is 0 Å². The van der Waals surface area contributed by atoms with E-state index in [0.29, 0.717) is 0 Å². The van der Waals surface area contributed by atoms with Gasteiger partial charge in [0.05, 0.1) is 5.69 Å². The number of anilines is 3. The lowest BCUT2D eigenvalue weighted by Gasteiger charge is -2.35. The molecule has 43 heavy (non-hydrogen) atoms. The molecule has 1 nitrogen and oxygen atoms in total. The first-order valence-corrected chi connectivity index (χ1v) is 15.9. The van der Waals surface area contributed by atoms with Crippen molar-refractivity contribution in [2.24, 2.45) is 0 Å². The Hall–Kier alpha value is -4.15. The third-order valence-corrected chi connectivity index (χ3v) is 9.46. The summed E-state index contributed by atoms with van der Waals surface area (Å²) in [6.07, 6.45) is 0. The molecule has 0 N–H and O–H groups in total. The average Bonchev–Trinajstić information content (AvgIpc) is 3.04. The molecule has 0 aliphatic rings. The number of halogens is 1. The molecular formula is C41H36IN. The zero-order valence-electron chi connectivity index (χ0n) is 25.2. The molecule has 0 radical (unpaired) electrons. The molecule has 0 aliphatic heterocycles. The van der Waals surface area contributed by atoms with E-state index in [-0.39, 0.29) is 5.41 Å². The maximum Gasteiger partial charge on any atom is 0.0572 e. The van der Waals surface area contributed by atoms with Gasteiger partial charge in [-0.3, -0.25) is 0 Å². The first kappa shape index (κ1) is 28.9. The molecule has 212 valence electrons. The molecule has 0 aliphatic carbocycles. The molecule has 0 amide bonds. The van der Waals surface area contributed by atoms with Gasteiger partial charge < -0.3 is 4.90 Å². The summed E-state index contributed by atoms with van der Waals surface area (Å²) in [4.78, 5) is 2.47. The Morgan fingerprint density at radius 3 is 1.74 bits per heavy atom. The first-order chi connectivity index (χ1) is 20.9. The summed E-state index contributed by atoms with van der Waals surface area (Å²) in [6, 6.07) is 52.5. The largest absolute Gasteiger partial charge is 0.309 e. The van der Waals surface area contributed by atoms with E-state index in [1.54, 1.807) is 0 Å². The number of hydrogen-bond donors (Lipinski definition) is 0. The van der Waals surface area contributed by atoms with Gasteiger partial charge in [0.2, 0.25) is 0 Å². The molecule has 6 aromatic rings. The van der Waals surface area contributed by atoms with Crippen LogP contribution in [0.5, 0.6) is 0 Å². The molecule has 6 aromatic carbocycles. The minimum absolute atomic E-state index is 0.194. The lowest BCUT2D eigenvalue weighted by molar-refractivity contribution is 0.632. The van der Waals surface area contributed by atoms with Crippen molar-refractivity contribution in [2.45, 2.75) is 33.1 Å². The van der Waals surface area contributed by atoms with Crippen LogP contribution in [0.15, 0.2) is 146 Å². The Morgan fingerprint density at radius 2 is 1.12 bits per heavy atom. The van der Waals surface area contributed by atoms with Gasteiger partial charge in [-0.2, -0.15) is 0 Å². The topological polar surface area (TPSA) is 3.24 Å². The first-order valence-electron chi connectivity index (χ1n) is 14.8. The van der Waals surface area contributed by atoms with Crippen molar-refractivity contribution in [3.63, 3.8) is 0 Å². The zero-order valence-corrected chi connectivity index (χ0v) is 27.3. The lowest BCUT2D eigenvalue weighted by atomic mass is 9.75. The van der Waals surface area contributed by atoms with Crippen LogP contribution in [0, 0.1) is 17.4 Å². The normalized spacial score (nSPS) is 11.4. The van der Waals surface area contributed by atoms with Gasteiger partial charge in [0.15, 0.2) is 0 Å². The fourth-order valence-electron chi connectivity index (χ4n) is 6.31. The predicted octanol–water partition coefficient (Wildman–Crippen LogP) is 12.0. The van der Waals surface area contributed by atoms with Crippen LogP contribution in [0.3, 0.4) is 0 Å². The molecule has 0 spiro atoms. The molecule has 0 heterocycles. The van der Waals surface area contributed by atoms with Crippen LogP contribution in [-0.4, -0.2) is 0 Å². The van der Waals surface area contributed by atoms with Crippen molar-refractivity contribution >= 4 is 39.7 Å². The maximum absolute atomic E-state index is 2.48. The van der Waals surface area contributed by atoms with Crippen molar-refractivity contribution in [1.82, 2.24) is 0 Å². The van der Waals surface area contributed by atoms with Gasteiger partial charge in [-0.25, -0.2) is 0 Å². The van der Waals surface area contributed by atoms with Gasteiger partial charge in [-0.15, -0.1) is 0 Å². The van der Waals surface area contributed by atoms with Crippen LogP contribution in [0.4, 0.5) is 17.1 Å². The van der Waals surface area contributed by atoms with Crippen molar-refractivity contribution in [1.29, 1.82) is 0 Å². The van der Waals surface area contributed by atoms with E-state index in [0.717, 1.165) is 5.69 Å². The molecule has 0 fully saturated rings. The van der Waals surface area contributed by atoms with Crippen molar-refractivity contribution in [3.05, 3.63) is 171 Å². The lowest BCUT2D eigenvalue weighted by Crippen LogP contribution is -2.23. The van der Waals surface area contributed by atoms with Crippen LogP contribution in [-0.2, 0) is 5.41 Å². The molecular weight excluding hydrogens is 633 g/mol. The summed E-state index contributed by atoms with van der Waals surface area (Å²) >= 11 is 2.48. The summed E-state index contributed by atoms with van der Waals surface area (Å²) in [7, 11) is 0. The third-order valence-electron chi connectivity index (χ3n) is 8.52. The molecule has 0 saturated heterocycles. The van der Waals surface area contributed by atoms with Crippen LogP contribution < -0.4 is 4.90 Å². The minimum Gasteiger partial charge on any atom is -0.309 e. The van der Waals surface area contributed by atoms with E-state index in [2.05, 4.69) is 201 Å². The van der Waals surface area contributed by atoms with Crippen LogP contribution in [0.2, 0.25) is 0 Å². The fourth-order valence-corrected chi connectivity index (χ4v) is 7.37. The molecule has 0 aromatic heterocycles. The standard InChI is InChI=1S/C41H36IN/c1-29-28-33(31-16-8-5-9-17-31)24-27-39(29)43(34-20-12-7-13-21-34)40-30(2)36(26-25-35(40)32-18-10-6-11-19-32)41(3,4)37-22-14-15-23-38(37)42/h5-28H,1-4H3. The molecule has 0 bridgehead atoms. The second-order valence-electron chi connectivity index (χ2n) is 11.6. The Morgan fingerprint density at radius 1 is 0.535 bits per heavy atom. The van der Waals surface area contributed by atoms with Crippen molar-refractivity contribution in [2.75, 3.05) is 4.90 Å².